The third kappa shape index (κ3) is 3.52. The lowest BCUT2D eigenvalue weighted by Crippen LogP contribution is -2.17. The highest BCUT2D eigenvalue weighted by molar-refractivity contribution is 6.07. The van der Waals surface area contributed by atoms with Crippen LogP contribution in [0.3, 0.4) is 0 Å². The topological polar surface area (TPSA) is 129 Å². The molecule has 9 heteroatoms. The van der Waals surface area contributed by atoms with Crippen molar-refractivity contribution in [3.63, 3.8) is 0 Å². The maximum absolute atomic E-state index is 12.5. The molecule has 0 bridgehead atoms. The first-order chi connectivity index (χ1) is 12.9. The number of esters is 1. The van der Waals surface area contributed by atoms with E-state index in [1.807, 2.05) is 0 Å². The van der Waals surface area contributed by atoms with Gasteiger partial charge in [-0.1, -0.05) is 12.1 Å². The van der Waals surface area contributed by atoms with Crippen LogP contribution in [0.4, 0.5) is 11.4 Å². The number of amides is 1. The number of nitro benzene ring substituents is 1. The van der Waals surface area contributed by atoms with Crippen molar-refractivity contribution in [3.8, 4) is 0 Å². The number of hydrogen-bond donors (Lipinski definition) is 1. The SMILES string of the molecule is COC(=O)c1ccccc1NC(=O)c1cc2cc([N+](=O)[O-])ccc2c(=O)o1. The fraction of sp³-hybridized carbons (Fsp3) is 0.0556. The van der Waals surface area contributed by atoms with Crippen LogP contribution in [0.15, 0.2) is 57.7 Å². The number of para-hydroxylation sites is 1. The summed E-state index contributed by atoms with van der Waals surface area (Å²) >= 11 is 0. The molecule has 27 heavy (non-hydrogen) atoms. The lowest BCUT2D eigenvalue weighted by molar-refractivity contribution is -0.384. The Morgan fingerprint density at radius 1 is 1.15 bits per heavy atom. The summed E-state index contributed by atoms with van der Waals surface area (Å²) in [5.41, 5.74) is -0.757. The van der Waals surface area contributed by atoms with Gasteiger partial charge in [0.25, 0.3) is 11.6 Å². The number of anilines is 1. The van der Waals surface area contributed by atoms with E-state index in [2.05, 4.69) is 10.1 Å². The Morgan fingerprint density at radius 2 is 1.89 bits per heavy atom. The number of nitrogens with zero attached hydrogens (tertiary/aromatic N) is 1. The average Bonchev–Trinajstić information content (AvgIpc) is 2.67. The number of nitrogens with one attached hydrogen (secondary N) is 1. The van der Waals surface area contributed by atoms with Gasteiger partial charge < -0.3 is 14.5 Å². The molecular formula is C18H12N2O7. The molecule has 0 unspecified atom stereocenters. The number of carbonyl (C=O) groups is 2. The second-order valence-corrected chi connectivity index (χ2v) is 5.42. The summed E-state index contributed by atoms with van der Waals surface area (Å²) in [4.78, 5) is 46.6. The Kier molecular flexibility index (Phi) is 4.67. The van der Waals surface area contributed by atoms with Crippen LogP contribution in [0.1, 0.15) is 20.9 Å². The third-order valence-electron chi connectivity index (χ3n) is 3.76. The number of fused-ring (bicyclic) bond motifs is 1. The molecule has 0 spiro atoms. The first-order valence-corrected chi connectivity index (χ1v) is 7.61. The molecule has 0 aliphatic heterocycles. The maximum Gasteiger partial charge on any atom is 0.344 e. The second kappa shape index (κ2) is 7.08. The summed E-state index contributed by atoms with van der Waals surface area (Å²) in [6.07, 6.45) is 0. The molecule has 0 atom stereocenters. The summed E-state index contributed by atoms with van der Waals surface area (Å²) in [5.74, 6) is -1.80. The fourth-order valence-electron chi connectivity index (χ4n) is 2.47. The van der Waals surface area contributed by atoms with Gasteiger partial charge >= 0.3 is 11.6 Å². The minimum Gasteiger partial charge on any atom is -0.465 e. The minimum absolute atomic E-state index is 0.104. The smallest absolute Gasteiger partial charge is 0.344 e. The molecule has 9 nitrogen and oxygen atoms in total. The predicted molar refractivity (Wildman–Crippen MR) is 94.9 cm³/mol. The number of ether oxygens (including phenoxy) is 1. The normalized spacial score (nSPS) is 10.4. The molecule has 1 amide bonds. The van der Waals surface area contributed by atoms with Gasteiger partial charge in [-0.15, -0.1) is 0 Å². The zero-order chi connectivity index (χ0) is 19.6. The number of rotatable bonds is 4. The Bertz CT molecular complexity index is 1130. The Labute approximate surface area is 151 Å². The van der Waals surface area contributed by atoms with Crippen LogP contribution in [0, 0.1) is 10.1 Å². The molecule has 3 aromatic rings. The number of hydrogen-bond acceptors (Lipinski definition) is 7. The molecule has 3 rings (SSSR count). The minimum atomic E-state index is -0.811. The van der Waals surface area contributed by atoms with Gasteiger partial charge in [-0.2, -0.15) is 0 Å². The van der Waals surface area contributed by atoms with E-state index in [9.17, 15) is 24.5 Å². The number of non-ortho nitro benzene ring substituents is 1. The van der Waals surface area contributed by atoms with Gasteiger partial charge in [0.1, 0.15) is 0 Å². The molecular weight excluding hydrogens is 356 g/mol. The van der Waals surface area contributed by atoms with Crippen LogP contribution in [-0.2, 0) is 4.74 Å². The highest BCUT2D eigenvalue weighted by atomic mass is 16.6. The lowest BCUT2D eigenvalue weighted by Gasteiger charge is -2.09. The molecule has 1 heterocycles. The van der Waals surface area contributed by atoms with Gasteiger partial charge in [-0.3, -0.25) is 14.9 Å². The fourth-order valence-corrected chi connectivity index (χ4v) is 2.47. The van der Waals surface area contributed by atoms with E-state index < -0.39 is 22.4 Å². The predicted octanol–water partition coefficient (Wildman–Crippen LogP) is 2.74. The summed E-state index contributed by atoms with van der Waals surface area (Å²) in [5, 5.41) is 13.7. The largest absolute Gasteiger partial charge is 0.465 e. The molecule has 136 valence electrons. The van der Waals surface area contributed by atoms with Gasteiger partial charge in [0.05, 0.1) is 28.7 Å². The van der Waals surface area contributed by atoms with Crippen LogP contribution in [0.25, 0.3) is 10.8 Å². The summed E-state index contributed by atoms with van der Waals surface area (Å²) in [6, 6.07) is 11.0. The molecule has 0 saturated heterocycles. The van der Waals surface area contributed by atoms with E-state index in [4.69, 9.17) is 4.42 Å². The van der Waals surface area contributed by atoms with Crippen LogP contribution in [-0.4, -0.2) is 23.9 Å². The highest BCUT2D eigenvalue weighted by Crippen LogP contribution is 2.21. The van der Waals surface area contributed by atoms with Crippen molar-refractivity contribution in [2.75, 3.05) is 12.4 Å². The monoisotopic (exact) mass is 368 g/mol. The lowest BCUT2D eigenvalue weighted by atomic mass is 10.1. The van der Waals surface area contributed by atoms with Crippen molar-refractivity contribution in [2.45, 2.75) is 0 Å². The molecule has 1 aromatic heterocycles. The van der Waals surface area contributed by atoms with Gasteiger partial charge in [0, 0.05) is 12.1 Å². The van der Waals surface area contributed by atoms with Crippen LogP contribution < -0.4 is 10.9 Å². The van der Waals surface area contributed by atoms with E-state index >= 15 is 0 Å². The Hall–Kier alpha value is -4.01. The molecule has 0 radical (unpaired) electrons. The first-order valence-electron chi connectivity index (χ1n) is 7.61. The number of benzene rings is 2. The average molecular weight is 368 g/mol. The first kappa shape index (κ1) is 17.8. The van der Waals surface area contributed by atoms with Crippen molar-refractivity contribution >= 4 is 34.0 Å². The quantitative estimate of drug-likeness (QED) is 0.426. The number of methoxy groups -OCH3 is 1. The molecule has 0 aliphatic carbocycles. The van der Waals surface area contributed by atoms with Gasteiger partial charge in [-0.05, 0) is 29.7 Å². The second-order valence-electron chi connectivity index (χ2n) is 5.42. The Balaban J connectivity index is 2.00. The van der Waals surface area contributed by atoms with Gasteiger partial charge in [-0.25, -0.2) is 9.59 Å². The molecule has 0 aliphatic rings. The zero-order valence-corrected chi connectivity index (χ0v) is 13.9. The summed E-state index contributed by atoms with van der Waals surface area (Å²) in [7, 11) is 1.20. The highest BCUT2D eigenvalue weighted by Gasteiger charge is 2.18. The van der Waals surface area contributed by atoms with Crippen LogP contribution >= 0.6 is 0 Å². The van der Waals surface area contributed by atoms with Crippen molar-refractivity contribution in [1.82, 2.24) is 0 Å². The van der Waals surface area contributed by atoms with Crippen molar-refractivity contribution < 1.29 is 23.7 Å². The van der Waals surface area contributed by atoms with Gasteiger partial charge in [0.15, 0.2) is 5.76 Å². The van der Waals surface area contributed by atoms with E-state index in [1.165, 1.54) is 43.5 Å². The summed E-state index contributed by atoms with van der Waals surface area (Å²) in [6.45, 7) is 0. The molecule has 2 aromatic carbocycles. The standard InChI is InChI=1S/C18H12N2O7/c1-26-17(22)13-4-2-3-5-14(13)19-16(21)15-9-10-8-11(20(24)25)6-7-12(10)18(23)27-15/h2-9H,1H3,(H,19,21). The zero-order valence-electron chi connectivity index (χ0n) is 13.9. The van der Waals surface area contributed by atoms with E-state index in [-0.39, 0.29) is 33.5 Å². The van der Waals surface area contributed by atoms with E-state index in [0.717, 1.165) is 0 Å². The van der Waals surface area contributed by atoms with Crippen molar-refractivity contribution in [3.05, 3.63) is 80.4 Å². The summed E-state index contributed by atoms with van der Waals surface area (Å²) < 4.78 is 9.65. The van der Waals surface area contributed by atoms with Crippen LogP contribution in [0.2, 0.25) is 0 Å². The number of nitro groups is 1. The van der Waals surface area contributed by atoms with Crippen molar-refractivity contribution in [2.24, 2.45) is 0 Å². The molecule has 0 saturated carbocycles. The maximum atomic E-state index is 12.5. The van der Waals surface area contributed by atoms with Crippen molar-refractivity contribution in [1.29, 1.82) is 0 Å². The molecule has 0 fully saturated rings. The van der Waals surface area contributed by atoms with Gasteiger partial charge in [0.2, 0.25) is 0 Å². The Morgan fingerprint density at radius 3 is 2.59 bits per heavy atom. The van der Waals surface area contributed by atoms with E-state index in [1.54, 1.807) is 12.1 Å². The molecule has 1 N–H and O–H groups in total. The number of carbonyl (C=O) groups excluding carboxylic acids is 2. The van der Waals surface area contributed by atoms with E-state index in [0.29, 0.717) is 0 Å². The third-order valence-corrected chi connectivity index (χ3v) is 3.76. The van der Waals surface area contributed by atoms with Crippen LogP contribution in [0.5, 0.6) is 0 Å².